The van der Waals surface area contributed by atoms with Gasteiger partial charge in [0.05, 0.1) is 23.7 Å². The Morgan fingerprint density at radius 3 is 2.69 bits per heavy atom. The van der Waals surface area contributed by atoms with Crippen LogP contribution in [0.4, 0.5) is 0 Å². The fourth-order valence-electron chi connectivity index (χ4n) is 3.23. The fourth-order valence-corrected chi connectivity index (χ4v) is 3.23. The summed E-state index contributed by atoms with van der Waals surface area (Å²) in [5.41, 5.74) is 3.61. The lowest BCUT2D eigenvalue weighted by molar-refractivity contribution is -0.146. The number of nitrogens with one attached hydrogen (secondary N) is 1. The molecule has 2 heterocycles. The number of aryl methyl sites for hydroxylation is 1. The van der Waals surface area contributed by atoms with Crippen LogP contribution in [-0.2, 0) is 22.7 Å². The minimum Gasteiger partial charge on any atom is -0.370 e. The molecule has 1 amide bonds. The maximum Gasteiger partial charge on any atom is 0.326 e. The summed E-state index contributed by atoms with van der Waals surface area (Å²) in [5.74, 6) is -0.0624. The summed E-state index contributed by atoms with van der Waals surface area (Å²) in [7, 11) is 0. The topological polar surface area (TPSA) is 67.3 Å². The molecule has 4 rings (SSSR count). The van der Waals surface area contributed by atoms with Crippen LogP contribution in [0.5, 0.6) is 0 Å². The Hall–Kier alpha value is -2.86. The first-order valence-electron chi connectivity index (χ1n) is 8.73. The average molecular weight is 351 g/mol. The molecule has 1 aliphatic rings. The summed E-state index contributed by atoms with van der Waals surface area (Å²) in [4.78, 5) is 29.0. The first-order chi connectivity index (χ1) is 12.6. The second kappa shape index (κ2) is 6.80. The number of aromatic nitrogens is 2. The van der Waals surface area contributed by atoms with Crippen LogP contribution in [0.1, 0.15) is 11.1 Å². The number of aromatic amines is 1. The zero-order valence-electron chi connectivity index (χ0n) is 14.6. The zero-order valence-corrected chi connectivity index (χ0v) is 14.6. The van der Waals surface area contributed by atoms with E-state index in [0.29, 0.717) is 19.7 Å². The van der Waals surface area contributed by atoms with Gasteiger partial charge in [-0.2, -0.15) is 0 Å². The molecule has 0 saturated carbocycles. The normalized spacial score (nSPS) is 14.6. The molecule has 1 aliphatic heterocycles. The standard InChI is InChI=1S/C20H21N3O3/c1-14-6-2-3-7-15(14)13-26-16-10-22(11-16)19(24)12-23-18-9-5-4-8-17(18)21-20(23)25/h2-9,16H,10-13H2,1H3,(H,21,25). The predicted octanol–water partition coefficient (Wildman–Crippen LogP) is 2.07. The minimum absolute atomic E-state index is 0.0490. The average Bonchev–Trinajstić information content (AvgIpc) is 2.91. The van der Waals surface area contributed by atoms with Gasteiger partial charge in [-0.15, -0.1) is 0 Å². The van der Waals surface area contributed by atoms with Crippen LogP contribution < -0.4 is 5.69 Å². The van der Waals surface area contributed by atoms with Crippen LogP contribution in [0.25, 0.3) is 11.0 Å². The van der Waals surface area contributed by atoms with E-state index in [-0.39, 0.29) is 24.2 Å². The number of para-hydroxylation sites is 2. The van der Waals surface area contributed by atoms with Gasteiger partial charge in [0.15, 0.2) is 0 Å². The van der Waals surface area contributed by atoms with E-state index in [4.69, 9.17) is 4.74 Å². The van der Waals surface area contributed by atoms with Crippen molar-refractivity contribution in [1.82, 2.24) is 14.5 Å². The molecule has 1 saturated heterocycles. The Kier molecular flexibility index (Phi) is 4.34. The molecule has 26 heavy (non-hydrogen) atoms. The van der Waals surface area contributed by atoms with Crippen molar-refractivity contribution < 1.29 is 9.53 Å². The van der Waals surface area contributed by atoms with Crippen molar-refractivity contribution in [3.8, 4) is 0 Å². The third-order valence-corrected chi connectivity index (χ3v) is 4.91. The molecule has 2 aromatic carbocycles. The number of benzene rings is 2. The van der Waals surface area contributed by atoms with Crippen LogP contribution in [0.3, 0.4) is 0 Å². The van der Waals surface area contributed by atoms with Crippen LogP contribution in [0.15, 0.2) is 53.3 Å². The van der Waals surface area contributed by atoms with E-state index in [9.17, 15) is 9.59 Å². The second-order valence-corrected chi connectivity index (χ2v) is 6.69. The van der Waals surface area contributed by atoms with Crippen molar-refractivity contribution in [1.29, 1.82) is 0 Å². The van der Waals surface area contributed by atoms with Gasteiger partial charge in [0, 0.05) is 13.1 Å². The molecule has 6 nitrogen and oxygen atoms in total. The number of carbonyl (C=O) groups is 1. The number of nitrogens with zero attached hydrogens (tertiary/aromatic N) is 2. The number of hydrogen-bond donors (Lipinski definition) is 1. The summed E-state index contributed by atoms with van der Waals surface area (Å²) in [6.45, 7) is 3.81. The molecule has 0 radical (unpaired) electrons. The molecule has 0 unspecified atom stereocenters. The van der Waals surface area contributed by atoms with Crippen LogP contribution in [-0.4, -0.2) is 39.6 Å². The highest BCUT2D eigenvalue weighted by atomic mass is 16.5. The van der Waals surface area contributed by atoms with Gasteiger partial charge in [-0.05, 0) is 30.2 Å². The summed E-state index contributed by atoms with van der Waals surface area (Å²) in [6, 6.07) is 15.5. The van der Waals surface area contributed by atoms with Gasteiger partial charge in [-0.1, -0.05) is 36.4 Å². The largest absolute Gasteiger partial charge is 0.370 e. The summed E-state index contributed by atoms with van der Waals surface area (Å²) in [6.07, 6.45) is 0.0539. The van der Waals surface area contributed by atoms with Crippen molar-refractivity contribution >= 4 is 16.9 Å². The molecule has 3 aromatic rings. The Labute approximate surface area is 151 Å². The first-order valence-corrected chi connectivity index (χ1v) is 8.73. The van der Waals surface area contributed by atoms with Crippen molar-refractivity contribution in [3.63, 3.8) is 0 Å². The maximum absolute atomic E-state index is 12.5. The van der Waals surface area contributed by atoms with Gasteiger partial charge < -0.3 is 14.6 Å². The lowest BCUT2D eigenvalue weighted by Crippen LogP contribution is -2.55. The van der Waals surface area contributed by atoms with Crippen molar-refractivity contribution in [2.45, 2.75) is 26.2 Å². The first kappa shape index (κ1) is 16.6. The van der Waals surface area contributed by atoms with Gasteiger partial charge in [0.2, 0.25) is 5.91 Å². The lowest BCUT2D eigenvalue weighted by Gasteiger charge is -2.39. The van der Waals surface area contributed by atoms with Gasteiger partial charge in [-0.25, -0.2) is 4.79 Å². The summed E-state index contributed by atoms with van der Waals surface area (Å²) < 4.78 is 7.37. The monoisotopic (exact) mass is 351 g/mol. The number of ether oxygens (including phenoxy) is 1. The molecular weight excluding hydrogens is 330 g/mol. The van der Waals surface area contributed by atoms with Crippen LogP contribution >= 0.6 is 0 Å². The molecule has 1 fully saturated rings. The van der Waals surface area contributed by atoms with Gasteiger partial charge in [0.25, 0.3) is 0 Å². The third kappa shape index (κ3) is 3.15. The fraction of sp³-hybridized carbons (Fsp3) is 0.300. The Bertz CT molecular complexity index is 999. The third-order valence-electron chi connectivity index (χ3n) is 4.91. The Morgan fingerprint density at radius 1 is 1.15 bits per heavy atom. The van der Waals surface area contributed by atoms with Crippen LogP contribution in [0, 0.1) is 6.92 Å². The second-order valence-electron chi connectivity index (χ2n) is 6.69. The van der Waals surface area contributed by atoms with Gasteiger partial charge >= 0.3 is 5.69 Å². The Balaban J connectivity index is 1.33. The van der Waals surface area contributed by atoms with Crippen molar-refractivity contribution in [2.75, 3.05) is 13.1 Å². The van der Waals surface area contributed by atoms with E-state index < -0.39 is 0 Å². The molecule has 0 atom stereocenters. The summed E-state index contributed by atoms with van der Waals surface area (Å²) >= 11 is 0. The maximum atomic E-state index is 12.5. The van der Waals surface area contributed by atoms with E-state index in [1.165, 1.54) is 15.7 Å². The van der Waals surface area contributed by atoms with E-state index >= 15 is 0 Å². The Morgan fingerprint density at radius 2 is 1.88 bits per heavy atom. The van der Waals surface area contributed by atoms with E-state index in [2.05, 4.69) is 24.0 Å². The molecule has 0 aliphatic carbocycles. The highest BCUT2D eigenvalue weighted by Crippen LogP contribution is 2.17. The number of fused-ring (bicyclic) bond motifs is 1. The van der Waals surface area contributed by atoms with Crippen molar-refractivity contribution in [2.24, 2.45) is 0 Å². The molecule has 1 aromatic heterocycles. The number of likely N-dealkylation sites (tertiary alicyclic amines) is 1. The predicted molar refractivity (Wildman–Crippen MR) is 98.9 cm³/mol. The SMILES string of the molecule is Cc1ccccc1COC1CN(C(=O)Cn2c(=O)[nH]c3ccccc32)C1. The van der Waals surface area contributed by atoms with Gasteiger partial charge in [0.1, 0.15) is 6.54 Å². The van der Waals surface area contributed by atoms with E-state index in [1.54, 1.807) is 4.90 Å². The van der Waals surface area contributed by atoms with Gasteiger partial charge in [-0.3, -0.25) is 9.36 Å². The number of amides is 1. The lowest BCUT2D eigenvalue weighted by atomic mass is 10.1. The molecular formula is C20H21N3O3. The number of H-pyrrole nitrogens is 1. The summed E-state index contributed by atoms with van der Waals surface area (Å²) in [5, 5.41) is 0. The number of rotatable bonds is 5. The molecule has 0 bridgehead atoms. The van der Waals surface area contributed by atoms with E-state index in [1.807, 2.05) is 36.4 Å². The van der Waals surface area contributed by atoms with Crippen molar-refractivity contribution in [3.05, 3.63) is 70.1 Å². The molecule has 1 N–H and O–H groups in total. The molecule has 6 heteroatoms. The highest BCUT2D eigenvalue weighted by molar-refractivity contribution is 5.81. The highest BCUT2D eigenvalue weighted by Gasteiger charge is 2.31. The minimum atomic E-state index is -0.257. The van der Waals surface area contributed by atoms with E-state index in [0.717, 1.165) is 11.0 Å². The molecule has 0 spiro atoms. The van der Waals surface area contributed by atoms with Crippen LogP contribution in [0.2, 0.25) is 0 Å². The molecule has 134 valence electrons. The number of carbonyl (C=O) groups excluding carboxylic acids is 1. The smallest absolute Gasteiger partial charge is 0.326 e. The number of imidazole rings is 1. The quantitative estimate of drug-likeness (QED) is 0.765. The number of hydrogen-bond acceptors (Lipinski definition) is 3. The zero-order chi connectivity index (χ0) is 18.1.